The van der Waals surface area contributed by atoms with Crippen LogP contribution in [-0.2, 0) is 11.3 Å². The molecule has 2 unspecified atom stereocenters. The number of benzene rings is 2. The van der Waals surface area contributed by atoms with Gasteiger partial charge in [-0.15, -0.1) is 0 Å². The summed E-state index contributed by atoms with van der Waals surface area (Å²) in [5.74, 6) is 0.652. The van der Waals surface area contributed by atoms with Gasteiger partial charge in [0.15, 0.2) is 0 Å². The van der Waals surface area contributed by atoms with E-state index in [1.54, 1.807) is 12.1 Å². The molecule has 1 fully saturated rings. The maximum atomic E-state index is 12.6. The minimum absolute atomic E-state index is 0.116. The lowest BCUT2D eigenvalue weighted by molar-refractivity contribution is -0.0704. The first-order valence-electron chi connectivity index (χ1n) is 9.55. The van der Waals surface area contributed by atoms with E-state index in [2.05, 4.69) is 30.1 Å². The summed E-state index contributed by atoms with van der Waals surface area (Å²) in [6, 6.07) is 15.2. The van der Waals surface area contributed by atoms with Crippen molar-refractivity contribution in [2.24, 2.45) is 0 Å². The van der Waals surface area contributed by atoms with Gasteiger partial charge in [-0.25, -0.2) is 0 Å². The SMILES string of the molecule is CCOc1ccc(C(=O)Nc2ccccc2CN2CC(C)OC(C)C2)cc1. The van der Waals surface area contributed by atoms with Crippen LogP contribution in [0.3, 0.4) is 0 Å². The number of ether oxygens (including phenoxy) is 2. The fourth-order valence-electron chi connectivity index (χ4n) is 3.50. The number of nitrogens with zero attached hydrogens (tertiary/aromatic N) is 1. The Morgan fingerprint density at radius 1 is 1.11 bits per heavy atom. The molecule has 1 aliphatic heterocycles. The highest BCUT2D eigenvalue weighted by Gasteiger charge is 2.23. The summed E-state index contributed by atoms with van der Waals surface area (Å²) >= 11 is 0. The number of carbonyl (C=O) groups excluding carboxylic acids is 1. The maximum Gasteiger partial charge on any atom is 0.255 e. The Morgan fingerprint density at radius 3 is 2.44 bits per heavy atom. The number of amides is 1. The Bertz CT molecular complexity index is 750. The van der Waals surface area contributed by atoms with Crippen LogP contribution in [0.15, 0.2) is 48.5 Å². The first-order chi connectivity index (χ1) is 13.0. The zero-order chi connectivity index (χ0) is 19.2. The number of nitrogens with one attached hydrogen (secondary N) is 1. The number of hydrogen-bond acceptors (Lipinski definition) is 4. The monoisotopic (exact) mass is 368 g/mol. The van der Waals surface area contributed by atoms with Crippen molar-refractivity contribution >= 4 is 11.6 Å². The fraction of sp³-hybridized carbons (Fsp3) is 0.409. The number of anilines is 1. The lowest BCUT2D eigenvalue weighted by atomic mass is 10.1. The molecule has 2 atom stereocenters. The summed E-state index contributed by atoms with van der Waals surface area (Å²) in [7, 11) is 0. The summed E-state index contributed by atoms with van der Waals surface area (Å²) in [6.45, 7) is 9.32. The minimum Gasteiger partial charge on any atom is -0.494 e. The molecule has 0 saturated carbocycles. The lowest BCUT2D eigenvalue weighted by Crippen LogP contribution is -2.44. The average molecular weight is 368 g/mol. The van der Waals surface area contributed by atoms with Crippen LogP contribution >= 0.6 is 0 Å². The van der Waals surface area contributed by atoms with Gasteiger partial charge in [-0.3, -0.25) is 9.69 Å². The molecular weight excluding hydrogens is 340 g/mol. The molecular formula is C22H28N2O3. The first kappa shape index (κ1) is 19.4. The summed E-state index contributed by atoms with van der Waals surface area (Å²) in [5.41, 5.74) is 2.57. The molecule has 27 heavy (non-hydrogen) atoms. The van der Waals surface area contributed by atoms with E-state index in [0.29, 0.717) is 12.2 Å². The van der Waals surface area contributed by atoms with Gasteiger partial charge >= 0.3 is 0 Å². The van der Waals surface area contributed by atoms with Crippen LogP contribution in [-0.4, -0.2) is 42.7 Å². The molecule has 2 aromatic carbocycles. The molecule has 0 spiro atoms. The molecule has 0 radical (unpaired) electrons. The minimum atomic E-state index is -0.116. The Balaban J connectivity index is 1.69. The first-order valence-corrected chi connectivity index (χ1v) is 9.55. The third-order valence-corrected chi connectivity index (χ3v) is 4.58. The van der Waals surface area contributed by atoms with Crippen molar-refractivity contribution in [3.05, 3.63) is 59.7 Å². The van der Waals surface area contributed by atoms with Gasteiger partial charge in [0.1, 0.15) is 5.75 Å². The highest BCUT2D eigenvalue weighted by Crippen LogP contribution is 2.21. The topological polar surface area (TPSA) is 50.8 Å². The number of morpholine rings is 1. The summed E-state index contributed by atoms with van der Waals surface area (Å²) in [4.78, 5) is 15.0. The Morgan fingerprint density at radius 2 is 1.78 bits per heavy atom. The molecule has 3 rings (SSSR count). The van der Waals surface area contributed by atoms with Gasteiger partial charge in [0.05, 0.1) is 18.8 Å². The maximum absolute atomic E-state index is 12.6. The highest BCUT2D eigenvalue weighted by molar-refractivity contribution is 6.04. The van der Waals surface area contributed by atoms with Crippen LogP contribution in [0.5, 0.6) is 5.75 Å². The molecule has 144 valence electrons. The molecule has 2 aromatic rings. The third-order valence-electron chi connectivity index (χ3n) is 4.58. The zero-order valence-corrected chi connectivity index (χ0v) is 16.3. The van der Waals surface area contributed by atoms with E-state index in [0.717, 1.165) is 36.6 Å². The lowest BCUT2D eigenvalue weighted by Gasteiger charge is -2.35. The van der Waals surface area contributed by atoms with Gasteiger partial charge in [-0.2, -0.15) is 0 Å². The van der Waals surface area contributed by atoms with Crippen molar-refractivity contribution in [3.63, 3.8) is 0 Å². The predicted molar refractivity (Wildman–Crippen MR) is 107 cm³/mol. The van der Waals surface area contributed by atoms with Crippen LogP contribution in [0, 0.1) is 0 Å². The van der Waals surface area contributed by atoms with E-state index in [9.17, 15) is 4.79 Å². The van der Waals surface area contributed by atoms with E-state index in [1.807, 2.05) is 37.3 Å². The van der Waals surface area contributed by atoms with Crippen LogP contribution in [0.4, 0.5) is 5.69 Å². The standard InChI is InChI=1S/C22H28N2O3/c1-4-26-20-11-9-18(10-12-20)22(25)23-21-8-6-5-7-19(21)15-24-13-16(2)27-17(3)14-24/h5-12,16-17H,4,13-15H2,1-3H3,(H,23,25). The number of carbonyl (C=O) groups is 1. The summed E-state index contributed by atoms with van der Waals surface area (Å²) in [5, 5.41) is 3.05. The fourth-order valence-corrected chi connectivity index (χ4v) is 3.50. The van der Waals surface area contributed by atoms with Gasteiger partial charge in [0.2, 0.25) is 0 Å². The average Bonchev–Trinajstić information content (AvgIpc) is 2.63. The van der Waals surface area contributed by atoms with Crippen molar-refractivity contribution in [1.29, 1.82) is 0 Å². The van der Waals surface area contributed by atoms with Gasteiger partial charge in [-0.1, -0.05) is 18.2 Å². The van der Waals surface area contributed by atoms with E-state index in [4.69, 9.17) is 9.47 Å². The van der Waals surface area contributed by atoms with Gasteiger partial charge in [-0.05, 0) is 56.7 Å². The van der Waals surface area contributed by atoms with E-state index < -0.39 is 0 Å². The predicted octanol–water partition coefficient (Wildman–Crippen LogP) is 3.95. The second-order valence-corrected chi connectivity index (χ2v) is 7.02. The largest absolute Gasteiger partial charge is 0.494 e. The molecule has 1 N–H and O–H groups in total. The number of hydrogen-bond donors (Lipinski definition) is 1. The smallest absolute Gasteiger partial charge is 0.255 e. The molecule has 1 saturated heterocycles. The van der Waals surface area contributed by atoms with Crippen molar-refractivity contribution in [1.82, 2.24) is 4.90 Å². The quantitative estimate of drug-likeness (QED) is 0.839. The summed E-state index contributed by atoms with van der Waals surface area (Å²) < 4.78 is 11.2. The molecule has 1 heterocycles. The highest BCUT2D eigenvalue weighted by atomic mass is 16.5. The van der Waals surface area contributed by atoms with E-state index in [-0.39, 0.29) is 18.1 Å². The van der Waals surface area contributed by atoms with E-state index >= 15 is 0 Å². The second-order valence-electron chi connectivity index (χ2n) is 7.02. The van der Waals surface area contributed by atoms with Crippen molar-refractivity contribution in [2.45, 2.75) is 39.5 Å². The molecule has 5 nitrogen and oxygen atoms in total. The molecule has 1 aliphatic rings. The summed E-state index contributed by atoms with van der Waals surface area (Å²) in [6.07, 6.45) is 0.443. The van der Waals surface area contributed by atoms with E-state index in [1.165, 1.54) is 0 Å². The Hall–Kier alpha value is -2.37. The molecule has 0 aromatic heterocycles. The molecule has 0 bridgehead atoms. The van der Waals surface area contributed by atoms with Crippen molar-refractivity contribution in [2.75, 3.05) is 25.0 Å². The van der Waals surface area contributed by atoms with Crippen molar-refractivity contribution < 1.29 is 14.3 Å². The second kappa shape index (κ2) is 9.02. The zero-order valence-electron chi connectivity index (χ0n) is 16.3. The Labute approximate surface area is 161 Å². The Kier molecular flexibility index (Phi) is 6.48. The van der Waals surface area contributed by atoms with Crippen LogP contribution in [0.1, 0.15) is 36.7 Å². The third kappa shape index (κ3) is 5.31. The molecule has 5 heteroatoms. The van der Waals surface area contributed by atoms with Gasteiger partial charge < -0.3 is 14.8 Å². The normalized spacial score (nSPS) is 20.3. The van der Waals surface area contributed by atoms with Gasteiger partial charge in [0, 0.05) is 30.9 Å². The van der Waals surface area contributed by atoms with Crippen LogP contribution in [0.2, 0.25) is 0 Å². The molecule has 1 amide bonds. The number of para-hydroxylation sites is 1. The van der Waals surface area contributed by atoms with Crippen LogP contribution in [0.25, 0.3) is 0 Å². The molecule has 0 aliphatic carbocycles. The van der Waals surface area contributed by atoms with Crippen molar-refractivity contribution in [3.8, 4) is 5.75 Å². The van der Waals surface area contributed by atoms with Gasteiger partial charge in [0.25, 0.3) is 5.91 Å². The number of rotatable bonds is 6. The van der Waals surface area contributed by atoms with Crippen LogP contribution < -0.4 is 10.1 Å².